The number of Topliss-reactive ketones (excluding diaryl/α,β-unsaturated/α-hetero) is 2. The van der Waals surface area contributed by atoms with Gasteiger partial charge in [0.05, 0.1) is 103 Å². The lowest BCUT2D eigenvalue weighted by Gasteiger charge is -2.32. The third kappa shape index (κ3) is 20.8. The van der Waals surface area contributed by atoms with Crippen molar-refractivity contribution in [3.05, 3.63) is 121 Å². The second-order valence-electron chi connectivity index (χ2n) is 37.4. The predicted octanol–water partition coefficient (Wildman–Crippen LogP) is 15.0. The Kier molecular flexibility index (Phi) is 28.5. The Morgan fingerprint density at radius 3 is 1.34 bits per heavy atom. The highest BCUT2D eigenvalue weighted by Gasteiger charge is 2.66. The molecule has 0 unspecified atom stereocenters. The molecule has 4 aromatic carbocycles. The van der Waals surface area contributed by atoms with E-state index in [1.165, 1.54) is 9.80 Å². The summed E-state index contributed by atoms with van der Waals surface area (Å²) in [6.07, 6.45) is 11.0. The molecule has 30 heteroatoms. The summed E-state index contributed by atoms with van der Waals surface area (Å²) in [5, 5.41) is 1.38. The van der Waals surface area contributed by atoms with E-state index in [1.54, 1.807) is 47.1 Å². The molecule has 0 bridgehead atoms. The summed E-state index contributed by atoms with van der Waals surface area (Å²) in [5.74, 6) is -1.87. The zero-order valence-electron chi connectivity index (χ0n) is 73.2. The van der Waals surface area contributed by atoms with Gasteiger partial charge in [-0.2, -0.15) is 0 Å². The highest BCUT2D eigenvalue weighted by Crippen LogP contribution is 2.60. The first-order valence-corrected chi connectivity index (χ1v) is 46.3. The molecule has 0 spiro atoms. The first kappa shape index (κ1) is 93.8. The topological polar surface area (TPSA) is 335 Å². The molecule has 14 atom stereocenters. The number of pyridine rings is 2. The van der Waals surface area contributed by atoms with Crippen LogP contribution >= 0.6 is 12.4 Å². The first-order chi connectivity index (χ1) is 58.2. The molecule has 2 aromatic heterocycles. The molecule has 14 rings (SSSR count). The van der Waals surface area contributed by atoms with Crippen LogP contribution in [0.15, 0.2) is 121 Å². The van der Waals surface area contributed by atoms with Gasteiger partial charge in [0.15, 0.2) is 11.6 Å². The number of alkyl halides is 2. The Balaban J connectivity index is 0.000000226. The van der Waals surface area contributed by atoms with Gasteiger partial charge in [-0.3, -0.25) is 43.0 Å². The van der Waals surface area contributed by atoms with Crippen LogP contribution in [0.4, 0.5) is 8.78 Å². The van der Waals surface area contributed by atoms with Crippen LogP contribution in [0.5, 0.6) is 34.5 Å². The van der Waals surface area contributed by atoms with Crippen molar-refractivity contribution in [2.75, 3.05) is 40.7 Å². The summed E-state index contributed by atoms with van der Waals surface area (Å²) in [6.45, 7) is 19.1. The van der Waals surface area contributed by atoms with E-state index in [2.05, 4.69) is 23.3 Å². The monoisotopic (exact) mass is 1770 g/mol. The maximum Gasteiger partial charge on any atom is 0.307 e. The Labute approximate surface area is 732 Å². The largest absolute Gasteiger partial charge is 0.497 e. The number of fused-ring (bicyclic) bond motifs is 6. The van der Waals surface area contributed by atoms with E-state index in [0.29, 0.717) is 87.6 Å². The smallest absolute Gasteiger partial charge is 0.307 e. The third-order valence-electron chi connectivity index (χ3n) is 25.9. The number of benzene rings is 4. The minimum Gasteiger partial charge on any atom is -0.497 e. The lowest BCUT2D eigenvalue weighted by atomic mass is 9.82. The Bertz CT molecular complexity index is 5270. The normalized spacial score (nSPS) is 28.0. The number of nitrogens with two attached hydrogens (primary N) is 1. The van der Waals surface area contributed by atoms with Gasteiger partial charge in [-0.05, 0) is 234 Å². The van der Waals surface area contributed by atoms with Gasteiger partial charge in [0.25, 0.3) is 0 Å². The van der Waals surface area contributed by atoms with E-state index in [9.17, 15) is 54.4 Å². The van der Waals surface area contributed by atoms with Crippen molar-refractivity contribution in [1.82, 2.24) is 29.2 Å². The highest BCUT2D eigenvalue weighted by atomic mass is 35.5. The molecule has 124 heavy (non-hydrogen) atoms. The number of hydrogen-bond donors (Lipinski definition) is 3. The number of aromatic nitrogens is 2. The molecule has 6 heterocycles. The number of carbonyl (C=O) groups is 7. The average Bonchev–Trinajstić information content (AvgIpc) is 1.57. The van der Waals surface area contributed by atoms with Crippen molar-refractivity contribution in [2.45, 2.75) is 243 Å². The maximum atomic E-state index is 15.2. The van der Waals surface area contributed by atoms with Crippen LogP contribution in [0.2, 0.25) is 0 Å². The number of rotatable bonds is 22. The zero-order chi connectivity index (χ0) is 88.6. The molecule has 25 nitrogen and oxygen atoms in total. The second-order valence-corrected chi connectivity index (χ2v) is 41.6. The summed E-state index contributed by atoms with van der Waals surface area (Å²) < 4.78 is 124. The number of methoxy groups -OCH3 is 2. The molecule has 4 N–H and O–H groups in total. The number of ether oxygens (including phenoxy) is 7. The van der Waals surface area contributed by atoms with Crippen LogP contribution in [0.3, 0.4) is 0 Å². The molecule has 2 saturated heterocycles. The molecule has 0 radical (unpaired) electrons. The minimum absolute atomic E-state index is 0. The lowest BCUT2D eigenvalue weighted by Crippen LogP contribution is -2.52. The summed E-state index contributed by atoms with van der Waals surface area (Å²) in [4.78, 5) is 114. The lowest BCUT2D eigenvalue weighted by molar-refractivity contribution is -0.160. The van der Waals surface area contributed by atoms with Crippen LogP contribution in [0, 0.1) is 52.3 Å². The highest BCUT2D eigenvalue weighted by molar-refractivity contribution is 7.92. The summed E-state index contributed by atoms with van der Waals surface area (Å²) >= 11 is 0. The van der Waals surface area contributed by atoms with E-state index in [0.717, 1.165) is 29.7 Å². The van der Waals surface area contributed by atoms with Crippen molar-refractivity contribution in [2.24, 2.45) is 58.0 Å². The van der Waals surface area contributed by atoms with Gasteiger partial charge >= 0.3 is 5.97 Å². The fraction of sp³-hybridized carbons (Fsp3) is 0.564. The molecule has 8 aliphatic rings. The van der Waals surface area contributed by atoms with Crippen molar-refractivity contribution in [3.63, 3.8) is 0 Å². The molecule has 4 aliphatic heterocycles. The van der Waals surface area contributed by atoms with Gasteiger partial charge in [0.1, 0.15) is 75.1 Å². The zero-order valence-corrected chi connectivity index (χ0v) is 75.6. The Morgan fingerprint density at radius 1 is 0.565 bits per heavy atom. The predicted molar refractivity (Wildman–Crippen MR) is 470 cm³/mol. The number of hydrogen-bond acceptors (Lipinski definition) is 21. The van der Waals surface area contributed by atoms with E-state index in [-0.39, 0.29) is 144 Å². The number of allylic oxidation sites excluding steroid dienone is 4. The minimum atomic E-state index is -4.37. The number of carbonyl (C=O) groups excluding carboxylic acids is 7. The van der Waals surface area contributed by atoms with Crippen LogP contribution < -0.4 is 43.6 Å². The van der Waals surface area contributed by atoms with Crippen molar-refractivity contribution >= 4 is 95.4 Å². The number of nitrogens with one attached hydrogen (secondary N) is 2. The number of sulfonamides is 2. The van der Waals surface area contributed by atoms with Crippen molar-refractivity contribution in [1.29, 1.82) is 0 Å². The van der Waals surface area contributed by atoms with Gasteiger partial charge in [-0.1, -0.05) is 52.0 Å². The van der Waals surface area contributed by atoms with Crippen molar-refractivity contribution in [3.8, 4) is 57.0 Å². The maximum absolute atomic E-state index is 15.2. The summed E-state index contributed by atoms with van der Waals surface area (Å²) in [5.41, 5.74) is 7.19. The molecular weight excluding hydrogens is 1650 g/mol. The molecule has 6 aromatic rings. The number of amides is 4. The van der Waals surface area contributed by atoms with E-state index in [4.69, 9.17) is 48.9 Å². The summed E-state index contributed by atoms with van der Waals surface area (Å²) in [6, 6.07) is 26.8. The summed E-state index contributed by atoms with van der Waals surface area (Å²) in [7, 11) is -5.53. The number of nitrogens with zero attached hydrogens (tertiary/aromatic N) is 4. The van der Waals surface area contributed by atoms with Gasteiger partial charge in [0, 0.05) is 71.8 Å². The van der Waals surface area contributed by atoms with Gasteiger partial charge in [-0.25, -0.2) is 35.6 Å². The fourth-order valence-corrected chi connectivity index (χ4v) is 21.0. The molecule has 672 valence electrons. The van der Waals surface area contributed by atoms with E-state index < -0.39 is 137 Å². The quantitative estimate of drug-likeness (QED) is 0.0420. The number of halogens is 3. The molecular formula is C94H120ClF2N7O18S2. The second kappa shape index (κ2) is 37.7. The Hall–Kier alpha value is -9.32. The standard InChI is InChI=1S/C50H64FN3O10S.C44H55FN4O8S.ClH/c1-30(2)62-35-15-13-33(14-16-35)40-25-44(38-18-17-36(61-8)22-41(38)52-40)63-37-23-42-43(55)27-50(47(58)53-65(59,60)49(29-51)19-20-49)26-34(50)12-10-9-11-31(3)21-32(4)39(46(57)54(42)28-37)24-45(56)64-48(5,6)7;1-26(2)56-31-12-10-29(11-13-31)35-21-39(34-15-14-32(55-5)19-36(34)47-35)57-33-20-37-38(50)23-44(42(52)48-58(53,54)43(25-45)16-17-43)22-30(44)9-7-6-8-27(3)18-28(4)40(46)41(51)49(37)24-33;/h10,12-18,22,25,30-32,34,37,39,42H,9,11,19-21,23-24,26-29H2,1-8H3,(H,53,58);7,9-15,19,21,26-28,30,33,37,40H,6,8,16-18,20,22-25,46H2,1-5H3,(H,48,52);1H/b12-10-;9-7-;/t31-,32-,34-,37-,39+,42+,50-;27-,28-,30-,33-,37+,40+,44-;/m11./s1. The fourth-order valence-electron chi connectivity index (χ4n) is 18.1. The van der Waals surface area contributed by atoms with Crippen LogP contribution in [0.1, 0.15) is 185 Å². The third-order valence-corrected chi connectivity index (χ3v) is 30.1. The van der Waals surface area contributed by atoms with Gasteiger partial charge < -0.3 is 48.7 Å². The Morgan fingerprint density at radius 2 is 0.960 bits per heavy atom. The van der Waals surface area contributed by atoms with Crippen molar-refractivity contribution < 1.29 is 92.3 Å². The average molecular weight is 1770 g/mol. The number of esters is 1. The SMILES string of the molecule is COc1ccc2c(O[C@@H]3C[C@H]4C(=O)C[C@]5(C(=O)NS(=O)(=O)C6(CF)CC6)C[C@H]5/C=C\CC[C@@H](C)C[C@@H](C)[C@H](CC(=O)OC(C)(C)C)C(=O)N4C3)cc(-c3ccc(OC(C)C)cc3)nc2c1.COc1ccc2c(O[C@@H]3C[C@H]4C(=O)C[C@]5(C(=O)NS(=O)(=O)C6(CF)CC6)C[C@H]5/C=C\CC[C@@H](C)C[C@@H](C)[C@H](N)C(=O)N4C3)cc(-c3ccc(OC(C)C)cc3)nc2c1.Cl. The molecule has 4 saturated carbocycles. The van der Waals surface area contributed by atoms with Crippen LogP contribution in [0.25, 0.3) is 44.3 Å². The molecule has 6 fully saturated rings. The van der Waals surface area contributed by atoms with Gasteiger partial charge in [0.2, 0.25) is 43.7 Å². The van der Waals surface area contributed by atoms with E-state index >= 15 is 4.79 Å². The van der Waals surface area contributed by atoms with Crippen LogP contribution in [-0.2, 0) is 58.3 Å². The molecule has 4 amide bonds. The number of ketones is 2. The first-order valence-electron chi connectivity index (χ1n) is 43.3. The van der Waals surface area contributed by atoms with E-state index in [1.807, 2.05) is 151 Å². The molecule has 4 aliphatic carbocycles. The van der Waals surface area contributed by atoms with Gasteiger partial charge in [-0.15, -0.1) is 12.4 Å². The van der Waals surface area contributed by atoms with Crippen LogP contribution in [-0.4, -0.2) is 176 Å².